The highest BCUT2D eigenvalue weighted by Gasteiger charge is 2.16. The fraction of sp³-hybridized carbons (Fsp3) is 0.312. The first-order chi connectivity index (χ1) is 10.1. The Labute approximate surface area is 128 Å². The first-order valence-electron chi connectivity index (χ1n) is 6.64. The van der Waals surface area contributed by atoms with E-state index in [1.165, 1.54) is 19.1 Å². The molecular formula is C16H19NO5. The number of benzene rings is 1. The summed E-state index contributed by atoms with van der Waals surface area (Å²) in [6, 6.07) is 6.11. The van der Waals surface area contributed by atoms with Crippen LogP contribution >= 0.6 is 0 Å². The number of allylic oxidation sites excluding steroid dienone is 1. The lowest BCUT2D eigenvalue weighted by Crippen LogP contribution is -2.27. The topological polar surface area (TPSA) is 92.7 Å². The predicted octanol–water partition coefficient (Wildman–Crippen LogP) is 3.25. The molecule has 118 valence electrons. The van der Waals surface area contributed by atoms with Gasteiger partial charge < -0.3 is 9.84 Å². The van der Waals surface area contributed by atoms with Crippen LogP contribution in [0.5, 0.6) is 0 Å². The number of nitrogens with one attached hydrogen (secondary N) is 1. The number of carbonyl (C=O) groups excluding carboxylic acids is 2. The third-order valence-electron chi connectivity index (χ3n) is 2.49. The number of rotatable bonds is 4. The largest absolute Gasteiger partial charge is 0.478 e. The van der Waals surface area contributed by atoms with E-state index in [2.05, 4.69) is 5.32 Å². The van der Waals surface area contributed by atoms with Gasteiger partial charge in [0.1, 0.15) is 5.60 Å². The van der Waals surface area contributed by atoms with Gasteiger partial charge in [0.15, 0.2) is 5.78 Å². The van der Waals surface area contributed by atoms with Crippen LogP contribution in [0.25, 0.3) is 0 Å². The number of ether oxygens (including phenoxy) is 1. The van der Waals surface area contributed by atoms with Crippen molar-refractivity contribution in [1.82, 2.24) is 0 Å². The Hall–Kier alpha value is -2.63. The zero-order valence-electron chi connectivity index (χ0n) is 13.0. The van der Waals surface area contributed by atoms with Crippen LogP contribution in [-0.4, -0.2) is 28.6 Å². The minimum atomic E-state index is -1.17. The van der Waals surface area contributed by atoms with E-state index in [1.807, 2.05) is 0 Å². The summed E-state index contributed by atoms with van der Waals surface area (Å²) in [5, 5.41) is 11.2. The van der Waals surface area contributed by atoms with E-state index in [9.17, 15) is 14.4 Å². The number of Topliss-reactive ketones (excluding diaryl/α,β-unsaturated/α-hetero) is 1. The number of carboxylic acids is 1. The average molecular weight is 305 g/mol. The third kappa shape index (κ3) is 5.78. The number of anilines is 1. The van der Waals surface area contributed by atoms with Crippen molar-refractivity contribution in [3.63, 3.8) is 0 Å². The van der Waals surface area contributed by atoms with Crippen LogP contribution in [0.15, 0.2) is 35.9 Å². The van der Waals surface area contributed by atoms with Crippen molar-refractivity contribution in [1.29, 1.82) is 0 Å². The molecule has 22 heavy (non-hydrogen) atoms. The molecule has 0 saturated carbocycles. The monoisotopic (exact) mass is 305 g/mol. The molecule has 0 bridgehead atoms. The van der Waals surface area contributed by atoms with Crippen LogP contribution in [0.4, 0.5) is 10.5 Å². The molecule has 0 heterocycles. The second kappa shape index (κ2) is 6.89. The standard InChI is InChI=1S/C16H19NO5/c1-10(9-13(18)19)14(20)11-5-7-12(8-6-11)17-15(21)22-16(2,3)4/h5-9H,1-4H3,(H,17,21)(H,18,19)/b10-9+. The number of amides is 1. The average Bonchev–Trinajstić information content (AvgIpc) is 2.35. The Kier molecular flexibility index (Phi) is 5.45. The maximum atomic E-state index is 12.0. The molecule has 1 rings (SSSR count). The summed E-state index contributed by atoms with van der Waals surface area (Å²) < 4.78 is 5.11. The molecule has 1 aromatic rings. The lowest BCUT2D eigenvalue weighted by atomic mass is 10.0. The van der Waals surface area contributed by atoms with Gasteiger partial charge in [-0.25, -0.2) is 9.59 Å². The van der Waals surface area contributed by atoms with E-state index in [0.717, 1.165) is 6.08 Å². The highest BCUT2D eigenvalue weighted by Crippen LogP contribution is 2.15. The molecular weight excluding hydrogens is 286 g/mol. The smallest absolute Gasteiger partial charge is 0.412 e. The van der Waals surface area contributed by atoms with Gasteiger partial charge in [0.05, 0.1) is 0 Å². The zero-order chi connectivity index (χ0) is 16.9. The second-order valence-electron chi connectivity index (χ2n) is 5.70. The molecule has 6 nitrogen and oxygen atoms in total. The number of aliphatic carboxylic acids is 1. The molecule has 0 aliphatic heterocycles. The van der Waals surface area contributed by atoms with Crippen molar-refractivity contribution in [2.24, 2.45) is 0 Å². The SMILES string of the molecule is C/C(=C\C(=O)O)C(=O)c1ccc(NC(=O)OC(C)(C)C)cc1. The number of hydrogen-bond donors (Lipinski definition) is 2. The quantitative estimate of drug-likeness (QED) is 0.658. The van der Waals surface area contributed by atoms with Crippen LogP contribution in [-0.2, 0) is 9.53 Å². The second-order valence-corrected chi connectivity index (χ2v) is 5.70. The minimum absolute atomic E-state index is 0.125. The molecule has 0 fully saturated rings. The van der Waals surface area contributed by atoms with Crippen LogP contribution in [0.2, 0.25) is 0 Å². The van der Waals surface area contributed by atoms with Crippen molar-refractivity contribution in [2.75, 3.05) is 5.32 Å². The maximum absolute atomic E-state index is 12.0. The highest BCUT2D eigenvalue weighted by molar-refractivity contribution is 6.10. The van der Waals surface area contributed by atoms with Crippen LogP contribution < -0.4 is 5.32 Å². The van der Waals surface area contributed by atoms with Gasteiger partial charge >= 0.3 is 12.1 Å². The Morgan fingerprint density at radius 2 is 1.68 bits per heavy atom. The zero-order valence-corrected chi connectivity index (χ0v) is 13.0. The van der Waals surface area contributed by atoms with Crippen molar-refractivity contribution in [2.45, 2.75) is 33.3 Å². The molecule has 0 unspecified atom stereocenters. The van der Waals surface area contributed by atoms with Gasteiger partial charge in [-0.3, -0.25) is 10.1 Å². The van der Waals surface area contributed by atoms with Gasteiger partial charge in [-0.2, -0.15) is 0 Å². The fourth-order valence-corrected chi connectivity index (χ4v) is 1.60. The van der Waals surface area contributed by atoms with E-state index in [4.69, 9.17) is 9.84 Å². The van der Waals surface area contributed by atoms with E-state index in [-0.39, 0.29) is 11.4 Å². The van der Waals surface area contributed by atoms with Crippen LogP contribution in [0.3, 0.4) is 0 Å². The van der Waals surface area contributed by atoms with Crippen molar-refractivity contribution < 1.29 is 24.2 Å². The summed E-state index contributed by atoms with van der Waals surface area (Å²) in [6.07, 6.45) is 0.267. The molecule has 0 aliphatic rings. The number of ketones is 1. The van der Waals surface area contributed by atoms with Crippen LogP contribution in [0.1, 0.15) is 38.1 Å². The molecule has 0 radical (unpaired) electrons. The summed E-state index contributed by atoms with van der Waals surface area (Å²) >= 11 is 0. The van der Waals surface area contributed by atoms with Crippen molar-refractivity contribution >= 4 is 23.5 Å². The molecule has 1 amide bonds. The first kappa shape index (κ1) is 17.4. The Morgan fingerprint density at radius 3 is 2.14 bits per heavy atom. The molecule has 2 N–H and O–H groups in total. The summed E-state index contributed by atoms with van der Waals surface area (Å²) in [5.41, 5.74) is 0.342. The van der Waals surface area contributed by atoms with E-state index >= 15 is 0 Å². The predicted molar refractivity (Wildman–Crippen MR) is 82.0 cm³/mol. The molecule has 6 heteroatoms. The molecule has 1 aromatic carbocycles. The normalized spacial score (nSPS) is 11.7. The fourth-order valence-electron chi connectivity index (χ4n) is 1.60. The summed E-state index contributed by atoms with van der Waals surface area (Å²) in [4.78, 5) is 34.1. The van der Waals surface area contributed by atoms with Gasteiger partial charge in [0, 0.05) is 22.9 Å². The molecule has 0 saturated heterocycles. The van der Waals surface area contributed by atoms with Gasteiger partial charge in [-0.15, -0.1) is 0 Å². The van der Waals surface area contributed by atoms with E-state index in [1.54, 1.807) is 32.9 Å². The Bertz CT molecular complexity index is 608. The summed E-state index contributed by atoms with van der Waals surface area (Å²) in [6.45, 7) is 6.70. The molecule has 0 aromatic heterocycles. The number of carbonyl (C=O) groups is 3. The van der Waals surface area contributed by atoms with Gasteiger partial charge in [0.25, 0.3) is 0 Å². The molecule has 0 aliphatic carbocycles. The van der Waals surface area contributed by atoms with Gasteiger partial charge in [-0.1, -0.05) is 0 Å². The molecule has 0 atom stereocenters. The number of hydrogen-bond acceptors (Lipinski definition) is 4. The van der Waals surface area contributed by atoms with Crippen LogP contribution in [0, 0.1) is 0 Å². The Morgan fingerprint density at radius 1 is 1.14 bits per heavy atom. The maximum Gasteiger partial charge on any atom is 0.412 e. The lowest BCUT2D eigenvalue weighted by Gasteiger charge is -2.19. The van der Waals surface area contributed by atoms with E-state index in [0.29, 0.717) is 11.3 Å². The van der Waals surface area contributed by atoms with E-state index < -0.39 is 17.7 Å². The Balaban J connectivity index is 2.77. The summed E-state index contributed by atoms with van der Waals surface area (Å²) in [7, 11) is 0. The van der Waals surface area contributed by atoms with Gasteiger partial charge in [-0.05, 0) is 52.0 Å². The van der Waals surface area contributed by atoms with Crippen molar-refractivity contribution in [3.05, 3.63) is 41.5 Å². The minimum Gasteiger partial charge on any atom is -0.478 e. The highest BCUT2D eigenvalue weighted by atomic mass is 16.6. The molecule has 0 spiro atoms. The van der Waals surface area contributed by atoms with Gasteiger partial charge in [0.2, 0.25) is 0 Å². The lowest BCUT2D eigenvalue weighted by molar-refractivity contribution is -0.131. The summed E-state index contributed by atoms with van der Waals surface area (Å²) in [5.74, 6) is -1.56. The third-order valence-corrected chi connectivity index (χ3v) is 2.49. The number of carboxylic acid groups (broad SMARTS) is 1. The first-order valence-corrected chi connectivity index (χ1v) is 6.64. The van der Waals surface area contributed by atoms with Crippen molar-refractivity contribution in [3.8, 4) is 0 Å².